The van der Waals surface area contributed by atoms with E-state index in [1.165, 1.54) is 14.2 Å². The van der Waals surface area contributed by atoms with Gasteiger partial charge in [-0.2, -0.15) is 0 Å². The van der Waals surface area contributed by atoms with Crippen molar-refractivity contribution in [2.45, 2.75) is 20.0 Å². The third kappa shape index (κ3) is 3.89. The molecule has 0 spiro atoms. The number of benzene rings is 2. The average Bonchev–Trinajstić information content (AvgIpc) is 2.72. The fraction of sp³-hybridized carbons (Fsp3) is 0.273. The molecule has 0 saturated carbocycles. The Kier molecular flexibility index (Phi) is 5.77. The molecule has 7 nitrogen and oxygen atoms in total. The number of hydrogen-bond donors (Lipinski definition) is 0. The number of methoxy groups -OCH3 is 3. The van der Waals surface area contributed by atoms with Gasteiger partial charge in [0.25, 0.3) is 0 Å². The van der Waals surface area contributed by atoms with E-state index in [1.54, 1.807) is 50.4 Å². The predicted octanol–water partition coefficient (Wildman–Crippen LogP) is 3.73. The smallest absolute Gasteiger partial charge is 0.346 e. The summed E-state index contributed by atoms with van der Waals surface area (Å²) < 4.78 is 26.3. The van der Waals surface area contributed by atoms with E-state index in [0.717, 1.165) is 10.9 Å². The monoisotopic (exact) mass is 398 g/mol. The lowest BCUT2D eigenvalue weighted by Gasteiger charge is -2.14. The zero-order valence-electron chi connectivity index (χ0n) is 16.9. The van der Waals surface area contributed by atoms with Crippen molar-refractivity contribution in [3.8, 4) is 28.4 Å². The van der Waals surface area contributed by atoms with E-state index in [2.05, 4.69) is 4.74 Å². The molecule has 3 aromatic rings. The van der Waals surface area contributed by atoms with Gasteiger partial charge in [0.05, 0.1) is 26.9 Å². The van der Waals surface area contributed by atoms with Gasteiger partial charge in [-0.3, -0.25) is 0 Å². The van der Waals surface area contributed by atoms with Gasteiger partial charge in [-0.15, -0.1) is 0 Å². The van der Waals surface area contributed by atoms with Crippen LogP contribution in [0, 0.1) is 6.92 Å². The van der Waals surface area contributed by atoms with Crippen LogP contribution < -0.4 is 19.8 Å². The minimum atomic E-state index is -0.781. The molecule has 3 rings (SSSR count). The SMILES string of the molecule is COC(=O)[C@H](C)Oc1ccc2c(C)c(-c3ccc(OC)c(OC)c3)c(=O)oc2c1. The summed E-state index contributed by atoms with van der Waals surface area (Å²) in [5.41, 5.74) is 1.74. The van der Waals surface area contributed by atoms with Gasteiger partial charge in [0, 0.05) is 11.5 Å². The van der Waals surface area contributed by atoms with Gasteiger partial charge in [-0.1, -0.05) is 6.07 Å². The van der Waals surface area contributed by atoms with Gasteiger partial charge in [0.2, 0.25) is 0 Å². The zero-order valence-corrected chi connectivity index (χ0v) is 16.9. The van der Waals surface area contributed by atoms with Crippen LogP contribution in [-0.2, 0) is 9.53 Å². The summed E-state index contributed by atoms with van der Waals surface area (Å²) >= 11 is 0. The van der Waals surface area contributed by atoms with Crippen LogP contribution in [0.4, 0.5) is 0 Å². The third-order valence-electron chi connectivity index (χ3n) is 4.66. The van der Waals surface area contributed by atoms with Crippen LogP contribution in [0.5, 0.6) is 17.2 Å². The molecule has 7 heteroatoms. The van der Waals surface area contributed by atoms with E-state index in [1.807, 2.05) is 6.92 Å². The summed E-state index contributed by atoms with van der Waals surface area (Å²) in [6.45, 7) is 3.43. The Morgan fingerprint density at radius 1 is 1.00 bits per heavy atom. The fourth-order valence-corrected chi connectivity index (χ4v) is 3.15. The van der Waals surface area contributed by atoms with Crippen LogP contribution >= 0.6 is 0 Å². The Morgan fingerprint density at radius 3 is 2.38 bits per heavy atom. The van der Waals surface area contributed by atoms with Crippen molar-refractivity contribution >= 4 is 16.9 Å². The first-order valence-corrected chi connectivity index (χ1v) is 8.94. The standard InChI is InChI=1S/C22H22O7/c1-12-16-8-7-15(28-13(2)21(23)27-5)11-18(16)29-22(24)20(12)14-6-9-17(25-3)19(10-14)26-4/h6-11,13H,1-5H3/t13-/m0/s1. The first-order valence-electron chi connectivity index (χ1n) is 8.94. The Labute approximate surface area is 167 Å². The van der Waals surface area contributed by atoms with Gasteiger partial charge in [0.15, 0.2) is 17.6 Å². The Balaban J connectivity index is 2.07. The van der Waals surface area contributed by atoms with Gasteiger partial charge < -0.3 is 23.4 Å². The van der Waals surface area contributed by atoms with Gasteiger partial charge >= 0.3 is 11.6 Å². The largest absolute Gasteiger partial charge is 0.493 e. The lowest BCUT2D eigenvalue weighted by Crippen LogP contribution is -2.24. The molecular formula is C22H22O7. The number of rotatable bonds is 6. The summed E-state index contributed by atoms with van der Waals surface area (Å²) in [7, 11) is 4.38. The number of fused-ring (bicyclic) bond motifs is 1. The minimum absolute atomic E-state index is 0.367. The molecule has 29 heavy (non-hydrogen) atoms. The number of aryl methyl sites for hydroxylation is 1. The predicted molar refractivity (Wildman–Crippen MR) is 108 cm³/mol. The second-order valence-corrected chi connectivity index (χ2v) is 6.40. The summed E-state index contributed by atoms with van der Waals surface area (Å²) in [4.78, 5) is 24.3. The highest BCUT2D eigenvalue weighted by Crippen LogP contribution is 2.34. The van der Waals surface area contributed by atoms with Crippen molar-refractivity contribution in [2.24, 2.45) is 0 Å². The Morgan fingerprint density at radius 2 is 1.72 bits per heavy atom. The van der Waals surface area contributed by atoms with Crippen LogP contribution in [0.25, 0.3) is 22.1 Å². The molecule has 1 atom stereocenters. The summed E-state index contributed by atoms with van der Waals surface area (Å²) in [5, 5.41) is 0.757. The minimum Gasteiger partial charge on any atom is -0.493 e. The van der Waals surface area contributed by atoms with E-state index in [4.69, 9.17) is 18.6 Å². The van der Waals surface area contributed by atoms with Crippen molar-refractivity contribution in [3.63, 3.8) is 0 Å². The average molecular weight is 398 g/mol. The van der Waals surface area contributed by atoms with E-state index in [9.17, 15) is 9.59 Å². The molecule has 0 saturated heterocycles. The summed E-state index contributed by atoms with van der Waals surface area (Å²) in [5.74, 6) is 0.994. The second-order valence-electron chi connectivity index (χ2n) is 6.40. The van der Waals surface area contributed by atoms with E-state index < -0.39 is 17.7 Å². The highest BCUT2D eigenvalue weighted by molar-refractivity contribution is 5.88. The number of esters is 1. The first-order chi connectivity index (χ1) is 13.9. The summed E-state index contributed by atoms with van der Waals surface area (Å²) in [6.07, 6.45) is -0.781. The molecule has 1 heterocycles. The topological polar surface area (TPSA) is 84.2 Å². The maximum atomic E-state index is 12.7. The van der Waals surface area contributed by atoms with E-state index in [-0.39, 0.29) is 0 Å². The normalized spacial score (nSPS) is 11.8. The number of hydrogen-bond acceptors (Lipinski definition) is 7. The van der Waals surface area contributed by atoms with Crippen LogP contribution in [0.15, 0.2) is 45.6 Å². The molecule has 152 valence electrons. The van der Waals surface area contributed by atoms with Crippen LogP contribution in [0.2, 0.25) is 0 Å². The lowest BCUT2D eigenvalue weighted by molar-refractivity contribution is -0.147. The molecule has 0 bridgehead atoms. The molecule has 1 aromatic heterocycles. The molecule has 0 unspecified atom stereocenters. The second kappa shape index (κ2) is 8.26. The maximum absolute atomic E-state index is 12.7. The lowest BCUT2D eigenvalue weighted by atomic mass is 9.99. The number of carbonyl (C=O) groups excluding carboxylic acids is 1. The molecule has 0 aliphatic heterocycles. The highest BCUT2D eigenvalue weighted by Gasteiger charge is 2.18. The van der Waals surface area contributed by atoms with Gasteiger partial charge in [-0.05, 0) is 49.2 Å². The highest BCUT2D eigenvalue weighted by atomic mass is 16.6. The molecule has 0 N–H and O–H groups in total. The van der Waals surface area contributed by atoms with Crippen LogP contribution in [0.3, 0.4) is 0 Å². The third-order valence-corrected chi connectivity index (χ3v) is 4.66. The zero-order chi connectivity index (χ0) is 21.1. The van der Waals surface area contributed by atoms with Crippen molar-refractivity contribution in [2.75, 3.05) is 21.3 Å². The quantitative estimate of drug-likeness (QED) is 0.462. The van der Waals surface area contributed by atoms with E-state index in [0.29, 0.717) is 34.0 Å². The molecule has 0 fully saturated rings. The maximum Gasteiger partial charge on any atom is 0.346 e. The van der Waals surface area contributed by atoms with Gasteiger partial charge in [0.1, 0.15) is 11.3 Å². The molecular weight excluding hydrogens is 376 g/mol. The van der Waals surface area contributed by atoms with Crippen molar-refractivity contribution < 1.29 is 28.2 Å². The Hall–Kier alpha value is -3.48. The molecule has 0 amide bonds. The van der Waals surface area contributed by atoms with Crippen LogP contribution in [-0.4, -0.2) is 33.4 Å². The van der Waals surface area contributed by atoms with Crippen molar-refractivity contribution in [1.82, 2.24) is 0 Å². The molecule has 0 aliphatic carbocycles. The summed E-state index contributed by atoms with van der Waals surface area (Å²) in [6, 6.07) is 10.3. The van der Waals surface area contributed by atoms with Crippen molar-refractivity contribution in [3.05, 3.63) is 52.4 Å². The molecule has 0 radical (unpaired) electrons. The van der Waals surface area contributed by atoms with Crippen molar-refractivity contribution in [1.29, 1.82) is 0 Å². The van der Waals surface area contributed by atoms with Crippen LogP contribution in [0.1, 0.15) is 12.5 Å². The number of ether oxygens (including phenoxy) is 4. The Bertz CT molecular complexity index is 1110. The number of carbonyl (C=O) groups is 1. The molecule has 0 aliphatic rings. The first kappa shape index (κ1) is 20.3. The molecule has 2 aromatic carbocycles. The van der Waals surface area contributed by atoms with E-state index >= 15 is 0 Å². The fourth-order valence-electron chi connectivity index (χ4n) is 3.15. The van der Waals surface area contributed by atoms with Gasteiger partial charge in [-0.25, -0.2) is 9.59 Å².